The molecule has 1 aromatic rings. The van der Waals surface area contributed by atoms with Crippen LogP contribution in [0.15, 0.2) is 24.3 Å². The van der Waals surface area contributed by atoms with E-state index in [0.717, 1.165) is 0 Å². The number of morpholine rings is 1. The third-order valence-corrected chi connectivity index (χ3v) is 3.06. The number of carbonyl (C=O) groups is 2. The molecule has 0 spiro atoms. The number of hydrogen-bond donors (Lipinski definition) is 2. The second kappa shape index (κ2) is 6.94. The van der Waals surface area contributed by atoms with Gasteiger partial charge in [0.2, 0.25) is 0 Å². The van der Waals surface area contributed by atoms with Gasteiger partial charge in [0, 0.05) is 6.54 Å². The number of anilines is 1. The van der Waals surface area contributed by atoms with Crippen molar-refractivity contribution in [3.05, 3.63) is 24.3 Å². The van der Waals surface area contributed by atoms with Crippen LogP contribution in [-0.4, -0.2) is 54.4 Å². The molecular weight excluding hydrogens is 276 g/mol. The van der Waals surface area contributed by atoms with Crippen LogP contribution in [0, 0.1) is 0 Å². The summed E-state index contributed by atoms with van der Waals surface area (Å²) >= 11 is 0. The molecule has 0 radical (unpaired) electrons. The van der Waals surface area contributed by atoms with Gasteiger partial charge in [-0.05, 0) is 19.1 Å². The zero-order valence-electron chi connectivity index (χ0n) is 11.7. The SMILES string of the molecule is CCOc1ccccc1NC(=O)N1CCOC(C(=O)O)C1. The number of carbonyl (C=O) groups excluding carboxylic acids is 1. The summed E-state index contributed by atoms with van der Waals surface area (Å²) in [5, 5.41) is 11.7. The maximum absolute atomic E-state index is 12.2. The number of carboxylic acids is 1. The second-order valence-electron chi connectivity index (χ2n) is 4.50. The van der Waals surface area contributed by atoms with Gasteiger partial charge in [-0.1, -0.05) is 12.1 Å². The number of carboxylic acid groups (broad SMARTS) is 1. The molecule has 1 atom stereocenters. The summed E-state index contributed by atoms with van der Waals surface area (Å²) < 4.78 is 10.5. The molecule has 0 saturated carbocycles. The van der Waals surface area contributed by atoms with Crippen molar-refractivity contribution in [3.8, 4) is 5.75 Å². The average molecular weight is 294 g/mol. The summed E-state index contributed by atoms with van der Waals surface area (Å²) in [5.74, 6) is -0.487. The van der Waals surface area contributed by atoms with E-state index >= 15 is 0 Å². The monoisotopic (exact) mass is 294 g/mol. The Balaban J connectivity index is 2.02. The van der Waals surface area contributed by atoms with Gasteiger partial charge in [-0.3, -0.25) is 0 Å². The molecule has 1 aliphatic rings. The summed E-state index contributed by atoms with van der Waals surface area (Å²) in [6.45, 7) is 2.94. The van der Waals surface area contributed by atoms with Gasteiger partial charge in [-0.25, -0.2) is 9.59 Å². The Labute approximate surface area is 122 Å². The van der Waals surface area contributed by atoms with E-state index in [0.29, 0.717) is 24.6 Å². The number of nitrogens with one attached hydrogen (secondary N) is 1. The minimum absolute atomic E-state index is 0.0258. The number of rotatable bonds is 4. The normalized spacial score (nSPS) is 18.1. The fraction of sp³-hybridized carbons (Fsp3) is 0.429. The van der Waals surface area contributed by atoms with E-state index in [1.54, 1.807) is 18.2 Å². The lowest BCUT2D eigenvalue weighted by molar-refractivity contribution is -0.154. The average Bonchev–Trinajstić information content (AvgIpc) is 2.49. The maximum atomic E-state index is 12.2. The van der Waals surface area contributed by atoms with Crippen LogP contribution in [0.3, 0.4) is 0 Å². The highest BCUT2D eigenvalue weighted by atomic mass is 16.5. The van der Waals surface area contributed by atoms with Gasteiger partial charge in [0.25, 0.3) is 0 Å². The standard InChI is InChI=1S/C14H18N2O5/c1-2-20-11-6-4-3-5-10(11)15-14(19)16-7-8-21-12(9-16)13(17)18/h3-6,12H,2,7-9H2,1H3,(H,15,19)(H,17,18). The predicted molar refractivity (Wildman–Crippen MR) is 75.6 cm³/mol. The van der Waals surface area contributed by atoms with Gasteiger partial charge in [0.15, 0.2) is 6.10 Å². The molecule has 2 amide bonds. The number of amides is 2. The number of hydrogen-bond acceptors (Lipinski definition) is 4. The first-order valence-electron chi connectivity index (χ1n) is 6.74. The Bertz CT molecular complexity index is 520. The Hall–Kier alpha value is -2.28. The van der Waals surface area contributed by atoms with E-state index in [1.165, 1.54) is 4.90 Å². The van der Waals surface area contributed by atoms with Crippen molar-refractivity contribution in [1.29, 1.82) is 0 Å². The van der Waals surface area contributed by atoms with Crippen LogP contribution < -0.4 is 10.1 Å². The summed E-state index contributed by atoms with van der Waals surface area (Å²) in [6, 6.07) is 6.74. The predicted octanol–water partition coefficient (Wildman–Crippen LogP) is 1.40. The van der Waals surface area contributed by atoms with E-state index in [4.69, 9.17) is 14.6 Å². The van der Waals surface area contributed by atoms with Gasteiger partial charge in [0.05, 0.1) is 25.4 Å². The lowest BCUT2D eigenvalue weighted by Gasteiger charge is -2.31. The molecule has 1 unspecified atom stereocenters. The molecule has 7 heteroatoms. The molecule has 1 aromatic carbocycles. The van der Waals surface area contributed by atoms with Crippen molar-refractivity contribution < 1.29 is 24.2 Å². The quantitative estimate of drug-likeness (QED) is 0.876. The van der Waals surface area contributed by atoms with Crippen LogP contribution in [0.4, 0.5) is 10.5 Å². The second-order valence-corrected chi connectivity index (χ2v) is 4.50. The van der Waals surface area contributed by atoms with Crippen molar-refractivity contribution in [2.24, 2.45) is 0 Å². The molecule has 0 aliphatic carbocycles. The molecule has 2 rings (SSSR count). The first-order valence-corrected chi connectivity index (χ1v) is 6.74. The highest BCUT2D eigenvalue weighted by molar-refractivity contribution is 5.91. The molecule has 1 saturated heterocycles. The zero-order valence-corrected chi connectivity index (χ0v) is 11.7. The lowest BCUT2D eigenvalue weighted by Crippen LogP contribution is -2.49. The summed E-state index contributed by atoms with van der Waals surface area (Å²) in [7, 11) is 0. The van der Waals surface area contributed by atoms with Crippen LogP contribution in [0.5, 0.6) is 5.75 Å². The van der Waals surface area contributed by atoms with Crippen LogP contribution in [-0.2, 0) is 9.53 Å². The highest BCUT2D eigenvalue weighted by Gasteiger charge is 2.29. The fourth-order valence-corrected chi connectivity index (χ4v) is 2.03. The summed E-state index contributed by atoms with van der Waals surface area (Å²) in [4.78, 5) is 24.5. The van der Waals surface area contributed by atoms with Crippen molar-refractivity contribution >= 4 is 17.7 Å². The first kappa shape index (κ1) is 15.1. The fourth-order valence-electron chi connectivity index (χ4n) is 2.03. The summed E-state index contributed by atoms with van der Waals surface area (Å²) in [6.07, 6.45) is -0.980. The van der Waals surface area contributed by atoms with E-state index < -0.39 is 12.1 Å². The minimum atomic E-state index is -1.07. The molecule has 1 aliphatic heterocycles. The third kappa shape index (κ3) is 3.85. The van der Waals surface area contributed by atoms with Crippen LogP contribution in [0.1, 0.15) is 6.92 Å². The van der Waals surface area contributed by atoms with Crippen molar-refractivity contribution in [2.75, 3.05) is 31.6 Å². The highest BCUT2D eigenvalue weighted by Crippen LogP contribution is 2.24. The zero-order chi connectivity index (χ0) is 15.2. The van der Waals surface area contributed by atoms with Crippen molar-refractivity contribution in [1.82, 2.24) is 4.90 Å². The Morgan fingerprint density at radius 1 is 1.48 bits per heavy atom. The van der Waals surface area contributed by atoms with Gasteiger partial charge >= 0.3 is 12.0 Å². The van der Waals surface area contributed by atoms with Gasteiger partial charge in [0.1, 0.15) is 5.75 Å². The molecule has 0 bridgehead atoms. The number of para-hydroxylation sites is 2. The number of ether oxygens (including phenoxy) is 2. The molecule has 1 fully saturated rings. The van der Waals surface area contributed by atoms with E-state index in [-0.39, 0.29) is 19.2 Å². The molecule has 1 heterocycles. The molecule has 114 valence electrons. The Morgan fingerprint density at radius 3 is 2.95 bits per heavy atom. The molecule has 21 heavy (non-hydrogen) atoms. The lowest BCUT2D eigenvalue weighted by atomic mass is 10.2. The van der Waals surface area contributed by atoms with Crippen molar-refractivity contribution in [2.45, 2.75) is 13.0 Å². The number of urea groups is 1. The van der Waals surface area contributed by atoms with Crippen molar-refractivity contribution in [3.63, 3.8) is 0 Å². The first-order chi connectivity index (χ1) is 10.1. The van der Waals surface area contributed by atoms with E-state index in [1.807, 2.05) is 13.0 Å². The van der Waals surface area contributed by atoms with Crippen LogP contribution >= 0.6 is 0 Å². The number of nitrogens with zero attached hydrogens (tertiary/aromatic N) is 1. The van der Waals surface area contributed by atoms with Gasteiger partial charge < -0.3 is 24.8 Å². The third-order valence-electron chi connectivity index (χ3n) is 3.06. The van der Waals surface area contributed by atoms with E-state index in [2.05, 4.69) is 5.32 Å². The largest absolute Gasteiger partial charge is 0.492 e. The number of benzene rings is 1. The Morgan fingerprint density at radius 2 is 2.24 bits per heavy atom. The Kier molecular flexibility index (Phi) is 4.99. The minimum Gasteiger partial charge on any atom is -0.492 e. The van der Waals surface area contributed by atoms with Gasteiger partial charge in [-0.15, -0.1) is 0 Å². The number of aliphatic carboxylic acids is 1. The molecule has 7 nitrogen and oxygen atoms in total. The molecule has 2 N–H and O–H groups in total. The smallest absolute Gasteiger partial charge is 0.334 e. The molecular formula is C14H18N2O5. The van der Waals surface area contributed by atoms with Gasteiger partial charge in [-0.2, -0.15) is 0 Å². The topological polar surface area (TPSA) is 88.1 Å². The molecule has 0 aromatic heterocycles. The van der Waals surface area contributed by atoms with E-state index in [9.17, 15) is 9.59 Å². The summed E-state index contributed by atoms with van der Waals surface area (Å²) in [5.41, 5.74) is 0.558. The van der Waals surface area contributed by atoms with Crippen LogP contribution in [0.25, 0.3) is 0 Å². The van der Waals surface area contributed by atoms with Crippen LogP contribution in [0.2, 0.25) is 0 Å². The maximum Gasteiger partial charge on any atom is 0.334 e.